The topological polar surface area (TPSA) is 6.48 Å². The minimum Gasteiger partial charge on any atom is -0.301 e. The van der Waals surface area contributed by atoms with Crippen molar-refractivity contribution in [2.75, 3.05) is 33.4 Å². The van der Waals surface area contributed by atoms with E-state index in [2.05, 4.69) is 72.3 Å². The van der Waals surface area contributed by atoms with E-state index in [9.17, 15) is 4.39 Å². The van der Waals surface area contributed by atoms with E-state index in [-0.39, 0.29) is 12.1 Å². The lowest BCUT2D eigenvalue weighted by Gasteiger charge is -2.33. The molecule has 0 N–H and O–H groups in total. The van der Waals surface area contributed by atoms with Gasteiger partial charge in [-0.3, -0.25) is 9.29 Å². The van der Waals surface area contributed by atoms with Gasteiger partial charge in [0, 0.05) is 31.1 Å². The Bertz CT molecular complexity index is 646. The first kappa shape index (κ1) is 18.1. The monoisotopic (exact) mass is 340 g/mol. The quantitative estimate of drug-likeness (QED) is 0.730. The predicted octanol–water partition coefficient (Wildman–Crippen LogP) is 4.54. The van der Waals surface area contributed by atoms with Gasteiger partial charge >= 0.3 is 0 Å². The molecule has 1 aliphatic heterocycles. The van der Waals surface area contributed by atoms with Crippen molar-refractivity contribution in [3.63, 3.8) is 0 Å². The highest BCUT2D eigenvalue weighted by Gasteiger charge is 2.40. The highest BCUT2D eigenvalue weighted by Crippen LogP contribution is 2.36. The van der Waals surface area contributed by atoms with Gasteiger partial charge in [-0.1, -0.05) is 60.7 Å². The van der Waals surface area contributed by atoms with Crippen molar-refractivity contribution in [1.29, 1.82) is 0 Å². The molecular formula is C22H29FN2. The number of rotatable bonds is 7. The molecule has 0 radical (unpaired) electrons. The second kappa shape index (κ2) is 8.11. The largest absolute Gasteiger partial charge is 0.301 e. The third-order valence-electron chi connectivity index (χ3n) is 5.48. The molecule has 2 nitrogen and oxygen atoms in total. The molecule has 134 valence electrons. The van der Waals surface area contributed by atoms with Crippen LogP contribution in [0.5, 0.6) is 0 Å². The Balaban J connectivity index is 1.62. The van der Waals surface area contributed by atoms with E-state index in [1.807, 2.05) is 12.1 Å². The van der Waals surface area contributed by atoms with Crippen LogP contribution in [-0.2, 0) is 6.54 Å². The van der Waals surface area contributed by atoms with Crippen LogP contribution in [0.3, 0.4) is 0 Å². The standard InChI is InChI=1S/C22H29FN2/c1-19(21-11-7-4-8-12-21)25-14-13-22(16-23,18-25)17-24(2)15-20-9-5-3-6-10-20/h3-12,19H,13-18H2,1-2H3/t19-,22?/m0/s1. The maximum absolute atomic E-state index is 14.0. The summed E-state index contributed by atoms with van der Waals surface area (Å²) < 4.78 is 14.0. The molecule has 2 aromatic rings. The fourth-order valence-corrected chi connectivity index (χ4v) is 4.05. The van der Waals surface area contributed by atoms with Crippen molar-refractivity contribution in [3.05, 3.63) is 71.8 Å². The zero-order valence-corrected chi connectivity index (χ0v) is 15.4. The molecule has 0 aromatic heterocycles. The molecule has 0 spiro atoms. The van der Waals surface area contributed by atoms with Crippen molar-refractivity contribution >= 4 is 0 Å². The van der Waals surface area contributed by atoms with Crippen molar-refractivity contribution in [2.24, 2.45) is 5.41 Å². The number of hydrogen-bond donors (Lipinski definition) is 0. The highest BCUT2D eigenvalue weighted by molar-refractivity contribution is 5.19. The molecule has 1 fully saturated rings. The maximum atomic E-state index is 14.0. The third kappa shape index (κ3) is 4.47. The number of nitrogens with zero attached hydrogens (tertiary/aromatic N) is 2. The van der Waals surface area contributed by atoms with Gasteiger partial charge in [-0.05, 0) is 38.1 Å². The maximum Gasteiger partial charge on any atom is 0.0975 e. The molecule has 2 atom stereocenters. The van der Waals surface area contributed by atoms with E-state index in [1.54, 1.807) is 0 Å². The van der Waals surface area contributed by atoms with Gasteiger partial charge in [0.1, 0.15) is 0 Å². The first-order chi connectivity index (χ1) is 12.1. The Hall–Kier alpha value is -1.71. The minimum absolute atomic E-state index is 0.243. The Labute approximate surface area is 151 Å². The van der Waals surface area contributed by atoms with E-state index < -0.39 is 0 Å². The van der Waals surface area contributed by atoms with Gasteiger partial charge in [0.2, 0.25) is 0 Å². The Morgan fingerprint density at radius 3 is 2.36 bits per heavy atom. The molecular weight excluding hydrogens is 311 g/mol. The minimum atomic E-state index is -0.246. The Kier molecular flexibility index (Phi) is 5.87. The second-order valence-corrected chi connectivity index (χ2v) is 7.60. The molecule has 2 aromatic carbocycles. The van der Waals surface area contributed by atoms with Crippen molar-refractivity contribution in [2.45, 2.75) is 25.9 Å². The number of hydrogen-bond acceptors (Lipinski definition) is 2. The van der Waals surface area contributed by atoms with Gasteiger partial charge in [-0.25, -0.2) is 0 Å². The number of halogens is 1. The summed E-state index contributed by atoms with van der Waals surface area (Å²) in [5.41, 5.74) is 2.35. The van der Waals surface area contributed by atoms with Gasteiger partial charge in [-0.2, -0.15) is 0 Å². The lowest BCUT2D eigenvalue weighted by atomic mass is 9.88. The van der Waals surface area contributed by atoms with Crippen LogP contribution in [0.2, 0.25) is 0 Å². The van der Waals surface area contributed by atoms with Crippen LogP contribution < -0.4 is 0 Å². The summed E-state index contributed by atoms with van der Waals surface area (Å²) >= 11 is 0. The van der Waals surface area contributed by atoms with Crippen LogP contribution in [0.1, 0.15) is 30.5 Å². The SMILES string of the molecule is C[C@@H](c1ccccc1)N1CCC(CF)(CN(C)Cc2ccccc2)C1. The zero-order valence-electron chi connectivity index (χ0n) is 15.4. The van der Waals surface area contributed by atoms with E-state index >= 15 is 0 Å². The molecule has 1 unspecified atom stereocenters. The van der Waals surface area contributed by atoms with Crippen LogP contribution in [0.15, 0.2) is 60.7 Å². The van der Waals surface area contributed by atoms with Gasteiger partial charge in [0.25, 0.3) is 0 Å². The summed E-state index contributed by atoms with van der Waals surface area (Å²) in [5.74, 6) is 0. The van der Waals surface area contributed by atoms with E-state index in [4.69, 9.17) is 0 Å². The van der Waals surface area contributed by atoms with Crippen molar-refractivity contribution < 1.29 is 4.39 Å². The van der Waals surface area contributed by atoms with Gasteiger partial charge in [0.05, 0.1) is 6.67 Å². The Morgan fingerprint density at radius 1 is 1.08 bits per heavy atom. The molecule has 1 aliphatic rings. The number of benzene rings is 2. The summed E-state index contributed by atoms with van der Waals surface area (Å²) in [7, 11) is 2.10. The van der Waals surface area contributed by atoms with Crippen molar-refractivity contribution in [3.8, 4) is 0 Å². The number of alkyl halides is 1. The second-order valence-electron chi connectivity index (χ2n) is 7.60. The molecule has 25 heavy (non-hydrogen) atoms. The predicted molar refractivity (Wildman–Crippen MR) is 102 cm³/mol. The summed E-state index contributed by atoms with van der Waals surface area (Å²) in [5, 5.41) is 0. The van der Waals surface area contributed by atoms with Gasteiger partial charge < -0.3 is 4.90 Å². The lowest BCUT2D eigenvalue weighted by molar-refractivity contribution is 0.123. The smallest absolute Gasteiger partial charge is 0.0975 e. The van der Waals surface area contributed by atoms with Crippen LogP contribution in [0, 0.1) is 5.41 Å². The van der Waals surface area contributed by atoms with E-state index in [0.29, 0.717) is 6.04 Å². The van der Waals surface area contributed by atoms with Crippen LogP contribution in [-0.4, -0.2) is 43.2 Å². The first-order valence-electron chi connectivity index (χ1n) is 9.19. The number of likely N-dealkylation sites (tertiary alicyclic amines) is 1. The first-order valence-corrected chi connectivity index (χ1v) is 9.19. The molecule has 0 aliphatic carbocycles. The summed E-state index contributed by atoms with van der Waals surface area (Å²) in [6, 6.07) is 21.3. The summed E-state index contributed by atoms with van der Waals surface area (Å²) in [4.78, 5) is 4.71. The van der Waals surface area contributed by atoms with Gasteiger partial charge in [0.15, 0.2) is 0 Å². The summed E-state index contributed by atoms with van der Waals surface area (Å²) in [6.07, 6.45) is 0.930. The molecule has 0 saturated carbocycles. The molecule has 0 bridgehead atoms. The third-order valence-corrected chi connectivity index (χ3v) is 5.48. The van der Waals surface area contributed by atoms with Gasteiger partial charge in [-0.15, -0.1) is 0 Å². The van der Waals surface area contributed by atoms with Crippen LogP contribution >= 0.6 is 0 Å². The Morgan fingerprint density at radius 2 is 1.72 bits per heavy atom. The summed E-state index contributed by atoms with van der Waals surface area (Å²) in [6.45, 7) is 5.46. The zero-order chi connectivity index (χ0) is 17.7. The molecule has 0 amide bonds. The van der Waals surface area contributed by atoms with E-state index in [0.717, 1.165) is 32.6 Å². The average Bonchev–Trinajstić information content (AvgIpc) is 3.07. The molecule has 1 heterocycles. The normalized spacial score (nSPS) is 22.4. The average molecular weight is 340 g/mol. The molecule has 1 saturated heterocycles. The molecule has 3 heteroatoms. The highest BCUT2D eigenvalue weighted by atomic mass is 19.1. The van der Waals surface area contributed by atoms with E-state index in [1.165, 1.54) is 11.1 Å². The fraction of sp³-hybridized carbons (Fsp3) is 0.455. The van der Waals surface area contributed by atoms with Crippen LogP contribution in [0.4, 0.5) is 4.39 Å². The van der Waals surface area contributed by atoms with Crippen molar-refractivity contribution in [1.82, 2.24) is 9.80 Å². The lowest BCUT2D eigenvalue weighted by Crippen LogP contribution is -2.40. The van der Waals surface area contributed by atoms with Crippen LogP contribution in [0.25, 0.3) is 0 Å². The molecule has 3 rings (SSSR count). The fourth-order valence-electron chi connectivity index (χ4n) is 4.05.